The standard InChI is InChI=1S/C20H28N2O4/c1-15-8-4-5-9-16(15)19(24)22-17(18(23)21-12-13-25-2)14-26-20(22)10-6-3-7-11-20/h4-5,8-9,17H,3,6-7,10-14H2,1-2H3,(H,21,23). The molecule has 0 radical (unpaired) electrons. The first-order valence-electron chi connectivity index (χ1n) is 9.39. The van der Waals surface area contributed by atoms with Crippen molar-refractivity contribution in [1.82, 2.24) is 10.2 Å². The highest BCUT2D eigenvalue weighted by Crippen LogP contribution is 2.41. The number of methoxy groups -OCH3 is 1. The SMILES string of the molecule is COCCNC(=O)C1COC2(CCCCC2)N1C(=O)c1ccccc1C. The van der Waals surface area contributed by atoms with Gasteiger partial charge in [0.1, 0.15) is 11.8 Å². The number of rotatable bonds is 5. The summed E-state index contributed by atoms with van der Waals surface area (Å²) >= 11 is 0. The molecule has 1 aliphatic heterocycles. The van der Waals surface area contributed by atoms with Crippen molar-refractivity contribution in [2.24, 2.45) is 0 Å². The van der Waals surface area contributed by atoms with Crippen LogP contribution >= 0.6 is 0 Å². The summed E-state index contributed by atoms with van der Waals surface area (Å²) in [6, 6.07) is 6.92. The smallest absolute Gasteiger partial charge is 0.257 e. The first-order chi connectivity index (χ1) is 12.6. The summed E-state index contributed by atoms with van der Waals surface area (Å²) in [7, 11) is 1.59. The minimum absolute atomic E-state index is 0.116. The maximum atomic E-state index is 13.4. The van der Waals surface area contributed by atoms with Gasteiger partial charge in [0.2, 0.25) is 5.91 Å². The molecule has 1 aromatic carbocycles. The normalized spacial score (nSPS) is 21.8. The summed E-state index contributed by atoms with van der Waals surface area (Å²) in [5.74, 6) is -0.291. The predicted octanol–water partition coefficient (Wildman–Crippen LogP) is 2.26. The van der Waals surface area contributed by atoms with Gasteiger partial charge in [0.05, 0.1) is 13.2 Å². The van der Waals surface area contributed by atoms with E-state index in [-0.39, 0.29) is 18.4 Å². The van der Waals surface area contributed by atoms with E-state index < -0.39 is 11.8 Å². The number of carbonyl (C=O) groups is 2. The van der Waals surface area contributed by atoms with Crippen LogP contribution in [0.4, 0.5) is 0 Å². The largest absolute Gasteiger partial charge is 0.383 e. The molecule has 6 nitrogen and oxygen atoms in total. The fourth-order valence-corrected chi connectivity index (χ4v) is 4.01. The van der Waals surface area contributed by atoms with Gasteiger partial charge in [0.15, 0.2) is 0 Å². The molecule has 1 spiro atoms. The fraction of sp³-hybridized carbons (Fsp3) is 0.600. The number of amides is 2. The van der Waals surface area contributed by atoms with E-state index in [0.29, 0.717) is 18.7 Å². The number of benzene rings is 1. The van der Waals surface area contributed by atoms with E-state index in [1.807, 2.05) is 31.2 Å². The first kappa shape index (κ1) is 18.9. The topological polar surface area (TPSA) is 67.9 Å². The van der Waals surface area contributed by atoms with Crippen molar-refractivity contribution in [1.29, 1.82) is 0 Å². The minimum atomic E-state index is -0.652. The van der Waals surface area contributed by atoms with Crippen molar-refractivity contribution in [3.8, 4) is 0 Å². The number of hydrogen-bond donors (Lipinski definition) is 1. The van der Waals surface area contributed by atoms with Gasteiger partial charge in [-0.05, 0) is 44.2 Å². The molecular formula is C20H28N2O4. The molecule has 142 valence electrons. The Morgan fingerprint density at radius 1 is 1.27 bits per heavy atom. The van der Waals surface area contributed by atoms with E-state index in [4.69, 9.17) is 9.47 Å². The summed E-state index contributed by atoms with van der Waals surface area (Å²) in [6.45, 7) is 3.03. The van der Waals surface area contributed by atoms with Crippen LogP contribution < -0.4 is 5.32 Å². The second-order valence-corrected chi connectivity index (χ2v) is 7.11. The second kappa shape index (κ2) is 8.18. The molecule has 1 saturated carbocycles. The molecule has 26 heavy (non-hydrogen) atoms. The summed E-state index contributed by atoms with van der Waals surface area (Å²) in [5.41, 5.74) is 0.896. The number of aryl methyl sites for hydroxylation is 1. The van der Waals surface area contributed by atoms with Crippen LogP contribution in [0.3, 0.4) is 0 Å². The van der Waals surface area contributed by atoms with Crippen molar-refractivity contribution in [3.05, 3.63) is 35.4 Å². The van der Waals surface area contributed by atoms with Gasteiger partial charge in [0.25, 0.3) is 5.91 Å². The highest BCUT2D eigenvalue weighted by atomic mass is 16.5. The molecule has 1 unspecified atom stereocenters. The Morgan fingerprint density at radius 2 is 2.00 bits per heavy atom. The Kier molecular flexibility index (Phi) is 5.94. The molecule has 1 saturated heterocycles. The van der Waals surface area contributed by atoms with Crippen LogP contribution in [-0.2, 0) is 14.3 Å². The van der Waals surface area contributed by atoms with E-state index in [2.05, 4.69) is 5.32 Å². The van der Waals surface area contributed by atoms with E-state index in [0.717, 1.165) is 37.7 Å². The molecule has 0 bridgehead atoms. The van der Waals surface area contributed by atoms with Gasteiger partial charge >= 0.3 is 0 Å². The van der Waals surface area contributed by atoms with Gasteiger partial charge in [-0.25, -0.2) is 0 Å². The van der Waals surface area contributed by atoms with Gasteiger partial charge < -0.3 is 14.8 Å². The second-order valence-electron chi connectivity index (χ2n) is 7.11. The van der Waals surface area contributed by atoms with Gasteiger partial charge in [0, 0.05) is 19.2 Å². The fourth-order valence-electron chi connectivity index (χ4n) is 4.01. The van der Waals surface area contributed by atoms with Crippen molar-refractivity contribution < 1.29 is 19.1 Å². The minimum Gasteiger partial charge on any atom is -0.383 e. The lowest BCUT2D eigenvalue weighted by atomic mass is 9.89. The Bertz CT molecular complexity index is 655. The molecule has 2 amide bonds. The van der Waals surface area contributed by atoms with Crippen LogP contribution in [-0.4, -0.2) is 55.3 Å². The number of nitrogens with zero attached hydrogens (tertiary/aromatic N) is 1. The molecule has 1 aliphatic carbocycles. The van der Waals surface area contributed by atoms with Crippen LogP contribution in [0.25, 0.3) is 0 Å². The molecule has 3 rings (SSSR count). The summed E-state index contributed by atoms with van der Waals surface area (Å²) < 4.78 is 11.1. The van der Waals surface area contributed by atoms with E-state index in [9.17, 15) is 9.59 Å². The predicted molar refractivity (Wildman–Crippen MR) is 97.8 cm³/mol. The Hall–Kier alpha value is -1.92. The lowest BCUT2D eigenvalue weighted by Crippen LogP contribution is -2.56. The number of hydrogen-bond acceptors (Lipinski definition) is 4. The average Bonchev–Trinajstić information content (AvgIpc) is 3.01. The molecular weight excluding hydrogens is 332 g/mol. The Labute approximate surface area is 154 Å². The average molecular weight is 360 g/mol. The molecule has 6 heteroatoms. The highest BCUT2D eigenvalue weighted by molar-refractivity contribution is 5.99. The van der Waals surface area contributed by atoms with Crippen molar-refractivity contribution in [3.63, 3.8) is 0 Å². The monoisotopic (exact) mass is 360 g/mol. The van der Waals surface area contributed by atoms with Gasteiger partial charge in [-0.3, -0.25) is 14.5 Å². The van der Waals surface area contributed by atoms with Gasteiger partial charge in [-0.1, -0.05) is 24.6 Å². The third-order valence-corrected chi connectivity index (χ3v) is 5.40. The number of ether oxygens (including phenoxy) is 2. The third kappa shape index (κ3) is 3.62. The molecule has 1 atom stereocenters. The summed E-state index contributed by atoms with van der Waals surface area (Å²) in [6.07, 6.45) is 4.73. The lowest BCUT2D eigenvalue weighted by Gasteiger charge is -2.41. The van der Waals surface area contributed by atoms with Crippen molar-refractivity contribution in [2.45, 2.75) is 50.8 Å². The molecule has 1 heterocycles. The lowest BCUT2D eigenvalue weighted by molar-refractivity contribution is -0.127. The Morgan fingerprint density at radius 3 is 2.69 bits per heavy atom. The van der Waals surface area contributed by atoms with Gasteiger partial charge in [-0.2, -0.15) is 0 Å². The molecule has 2 fully saturated rings. The van der Waals surface area contributed by atoms with Crippen LogP contribution in [0, 0.1) is 6.92 Å². The van der Waals surface area contributed by atoms with Crippen molar-refractivity contribution >= 4 is 11.8 Å². The van der Waals surface area contributed by atoms with Crippen LogP contribution in [0.2, 0.25) is 0 Å². The van der Waals surface area contributed by atoms with Crippen LogP contribution in [0.1, 0.15) is 48.0 Å². The maximum Gasteiger partial charge on any atom is 0.257 e. The number of carbonyl (C=O) groups excluding carboxylic acids is 2. The molecule has 1 aromatic rings. The molecule has 2 aliphatic rings. The van der Waals surface area contributed by atoms with Gasteiger partial charge in [-0.15, -0.1) is 0 Å². The zero-order valence-electron chi connectivity index (χ0n) is 15.6. The van der Waals surface area contributed by atoms with Crippen molar-refractivity contribution in [2.75, 3.05) is 26.9 Å². The summed E-state index contributed by atoms with van der Waals surface area (Å²) in [5, 5.41) is 2.86. The zero-order valence-corrected chi connectivity index (χ0v) is 15.6. The maximum absolute atomic E-state index is 13.4. The van der Waals surface area contributed by atoms with E-state index >= 15 is 0 Å². The number of nitrogens with one attached hydrogen (secondary N) is 1. The zero-order chi connectivity index (χ0) is 18.6. The first-order valence-corrected chi connectivity index (χ1v) is 9.39. The molecule has 0 aromatic heterocycles. The Balaban J connectivity index is 1.88. The highest BCUT2D eigenvalue weighted by Gasteiger charge is 2.53. The van der Waals surface area contributed by atoms with Crippen LogP contribution in [0.5, 0.6) is 0 Å². The quantitative estimate of drug-likeness (QED) is 0.818. The van der Waals surface area contributed by atoms with Crippen LogP contribution in [0.15, 0.2) is 24.3 Å². The van der Waals surface area contributed by atoms with E-state index in [1.165, 1.54) is 0 Å². The third-order valence-electron chi connectivity index (χ3n) is 5.40. The molecule has 1 N–H and O–H groups in total. The summed E-state index contributed by atoms with van der Waals surface area (Å²) in [4.78, 5) is 27.9. The van der Waals surface area contributed by atoms with E-state index in [1.54, 1.807) is 12.0 Å².